The number of primary amides is 1. The number of carbonyl (C=O) groups is 3. The van der Waals surface area contributed by atoms with Gasteiger partial charge in [0.15, 0.2) is 0 Å². The van der Waals surface area contributed by atoms with E-state index in [1.54, 1.807) is 0 Å². The van der Waals surface area contributed by atoms with Crippen molar-refractivity contribution in [3.63, 3.8) is 0 Å². The lowest BCUT2D eigenvalue weighted by Gasteiger charge is -2.07. The summed E-state index contributed by atoms with van der Waals surface area (Å²) in [6, 6.07) is 4.32. The highest BCUT2D eigenvalue weighted by Gasteiger charge is 2.48. The maximum atomic E-state index is 11.7. The van der Waals surface area contributed by atoms with Gasteiger partial charge in [-0.1, -0.05) is 11.6 Å². The van der Waals surface area contributed by atoms with Gasteiger partial charge in [0, 0.05) is 5.69 Å². The lowest BCUT2D eigenvalue weighted by Crippen LogP contribution is -2.18. The van der Waals surface area contributed by atoms with E-state index in [0.717, 1.165) is 0 Å². The van der Waals surface area contributed by atoms with Gasteiger partial charge in [0.05, 0.1) is 22.4 Å². The van der Waals surface area contributed by atoms with E-state index in [4.69, 9.17) is 22.4 Å². The molecule has 1 aliphatic carbocycles. The Balaban J connectivity index is 2.08. The molecule has 1 aromatic carbocycles. The number of carboxylic acid groups (broad SMARTS) is 1. The molecular formula is C12H11ClN2O4. The van der Waals surface area contributed by atoms with E-state index in [-0.39, 0.29) is 16.5 Å². The highest BCUT2D eigenvalue weighted by molar-refractivity contribution is 6.34. The predicted octanol–water partition coefficient (Wildman–Crippen LogP) is 1.10. The number of hydrogen-bond acceptors (Lipinski definition) is 3. The van der Waals surface area contributed by atoms with Crippen molar-refractivity contribution in [2.24, 2.45) is 17.6 Å². The Morgan fingerprint density at radius 1 is 1.32 bits per heavy atom. The minimum absolute atomic E-state index is 0.102. The molecule has 2 rings (SSSR count). The van der Waals surface area contributed by atoms with Crippen LogP contribution in [0.15, 0.2) is 18.2 Å². The molecule has 0 heterocycles. The quantitative estimate of drug-likeness (QED) is 0.768. The first kappa shape index (κ1) is 13.4. The van der Waals surface area contributed by atoms with E-state index < -0.39 is 23.7 Å². The summed E-state index contributed by atoms with van der Waals surface area (Å²) in [7, 11) is 0. The minimum Gasteiger partial charge on any atom is -0.481 e. The smallest absolute Gasteiger partial charge is 0.307 e. The number of halogens is 1. The summed E-state index contributed by atoms with van der Waals surface area (Å²) in [4.78, 5) is 33.5. The summed E-state index contributed by atoms with van der Waals surface area (Å²) in [5.41, 5.74) is 5.60. The van der Waals surface area contributed by atoms with Crippen LogP contribution in [0.2, 0.25) is 5.02 Å². The zero-order chi connectivity index (χ0) is 14.2. The second-order valence-electron chi connectivity index (χ2n) is 4.34. The van der Waals surface area contributed by atoms with E-state index in [1.807, 2.05) is 0 Å². The predicted molar refractivity (Wildman–Crippen MR) is 67.8 cm³/mol. The van der Waals surface area contributed by atoms with Gasteiger partial charge in [0.25, 0.3) is 0 Å². The Hall–Kier alpha value is -2.08. The summed E-state index contributed by atoms with van der Waals surface area (Å²) >= 11 is 5.78. The van der Waals surface area contributed by atoms with Crippen LogP contribution in [0.25, 0.3) is 0 Å². The lowest BCUT2D eigenvalue weighted by atomic mass is 10.2. The van der Waals surface area contributed by atoms with Crippen LogP contribution in [0.4, 0.5) is 5.69 Å². The Morgan fingerprint density at radius 3 is 2.53 bits per heavy atom. The number of aliphatic carboxylic acids is 1. The fourth-order valence-corrected chi connectivity index (χ4v) is 2.00. The molecule has 1 fully saturated rings. The van der Waals surface area contributed by atoms with Crippen molar-refractivity contribution in [2.75, 3.05) is 5.32 Å². The van der Waals surface area contributed by atoms with E-state index >= 15 is 0 Å². The minimum atomic E-state index is -0.978. The van der Waals surface area contributed by atoms with Crippen LogP contribution in [0.5, 0.6) is 0 Å². The molecule has 0 saturated heterocycles. The first-order valence-electron chi connectivity index (χ1n) is 5.53. The molecule has 0 bridgehead atoms. The Bertz CT molecular complexity index is 573. The monoisotopic (exact) mass is 282 g/mol. The number of amides is 2. The highest BCUT2D eigenvalue weighted by Crippen LogP contribution is 2.39. The van der Waals surface area contributed by atoms with Crippen molar-refractivity contribution in [3.8, 4) is 0 Å². The molecule has 2 atom stereocenters. The Labute approximate surface area is 113 Å². The number of carbonyl (C=O) groups excluding carboxylic acids is 2. The average molecular weight is 283 g/mol. The van der Waals surface area contributed by atoms with Gasteiger partial charge in [-0.05, 0) is 24.6 Å². The van der Waals surface area contributed by atoms with Crippen LogP contribution < -0.4 is 11.1 Å². The third-order valence-corrected chi connectivity index (χ3v) is 3.27. The lowest BCUT2D eigenvalue weighted by molar-refractivity contribution is -0.139. The van der Waals surface area contributed by atoms with Crippen molar-refractivity contribution < 1.29 is 19.5 Å². The molecule has 1 aliphatic rings. The topological polar surface area (TPSA) is 109 Å². The molecule has 0 spiro atoms. The van der Waals surface area contributed by atoms with E-state index in [2.05, 4.69) is 5.32 Å². The van der Waals surface area contributed by atoms with Crippen LogP contribution in [0.3, 0.4) is 0 Å². The molecule has 0 aliphatic heterocycles. The van der Waals surface area contributed by atoms with E-state index in [9.17, 15) is 14.4 Å². The molecule has 0 radical (unpaired) electrons. The first-order chi connectivity index (χ1) is 8.90. The van der Waals surface area contributed by atoms with Crippen LogP contribution in [-0.4, -0.2) is 22.9 Å². The SMILES string of the molecule is NC(=O)c1cc(NC(=O)[C@@H]2C[C@@H]2C(=O)O)ccc1Cl. The number of hydrogen-bond donors (Lipinski definition) is 3. The zero-order valence-electron chi connectivity index (χ0n) is 9.72. The maximum absolute atomic E-state index is 11.7. The van der Waals surface area contributed by atoms with Gasteiger partial charge in [-0.15, -0.1) is 0 Å². The van der Waals surface area contributed by atoms with Crippen LogP contribution in [0.1, 0.15) is 16.8 Å². The van der Waals surface area contributed by atoms with Crippen LogP contribution in [-0.2, 0) is 9.59 Å². The molecular weight excluding hydrogens is 272 g/mol. The zero-order valence-corrected chi connectivity index (χ0v) is 10.5. The molecule has 4 N–H and O–H groups in total. The molecule has 0 aromatic heterocycles. The molecule has 19 heavy (non-hydrogen) atoms. The largest absolute Gasteiger partial charge is 0.481 e. The van der Waals surface area contributed by atoms with Crippen LogP contribution >= 0.6 is 11.6 Å². The number of nitrogens with two attached hydrogens (primary N) is 1. The van der Waals surface area contributed by atoms with Crippen molar-refractivity contribution in [2.45, 2.75) is 6.42 Å². The maximum Gasteiger partial charge on any atom is 0.307 e. The van der Waals surface area contributed by atoms with E-state index in [1.165, 1.54) is 18.2 Å². The van der Waals surface area contributed by atoms with Gasteiger partial charge in [0.1, 0.15) is 0 Å². The molecule has 6 nitrogen and oxygen atoms in total. The third kappa shape index (κ3) is 2.85. The number of anilines is 1. The van der Waals surface area contributed by atoms with Crippen molar-refractivity contribution in [1.82, 2.24) is 0 Å². The summed E-state index contributed by atoms with van der Waals surface area (Å²) in [6.45, 7) is 0. The van der Waals surface area contributed by atoms with Gasteiger partial charge >= 0.3 is 5.97 Å². The van der Waals surface area contributed by atoms with Gasteiger partial charge in [-0.3, -0.25) is 14.4 Å². The highest BCUT2D eigenvalue weighted by atomic mass is 35.5. The number of carboxylic acids is 1. The molecule has 1 aromatic rings. The summed E-state index contributed by atoms with van der Waals surface area (Å²) in [6.07, 6.45) is 0.331. The first-order valence-corrected chi connectivity index (χ1v) is 5.91. The second kappa shape index (κ2) is 4.89. The standard InChI is InChI=1S/C12H11ClN2O4/c13-9-2-1-5(3-8(9)10(14)16)15-11(17)6-4-7(6)12(18)19/h1-3,6-7H,4H2,(H2,14,16)(H,15,17)(H,18,19)/t6-,7+/m1/s1. The second-order valence-corrected chi connectivity index (χ2v) is 4.74. The Morgan fingerprint density at radius 2 is 2.00 bits per heavy atom. The molecule has 1 saturated carbocycles. The fraction of sp³-hybridized carbons (Fsp3) is 0.250. The van der Waals surface area contributed by atoms with Crippen LogP contribution in [0, 0.1) is 11.8 Å². The van der Waals surface area contributed by atoms with Gasteiger partial charge in [-0.25, -0.2) is 0 Å². The number of benzene rings is 1. The summed E-state index contributed by atoms with van der Waals surface area (Å²) in [5.74, 6) is -3.21. The number of nitrogens with one attached hydrogen (secondary N) is 1. The molecule has 2 amide bonds. The van der Waals surface area contributed by atoms with Gasteiger partial charge < -0.3 is 16.2 Å². The van der Waals surface area contributed by atoms with Crippen molar-refractivity contribution in [3.05, 3.63) is 28.8 Å². The van der Waals surface area contributed by atoms with E-state index in [0.29, 0.717) is 12.1 Å². The molecule has 100 valence electrons. The van der Waals surface area contributed by atoms with Gasteiger partial charge in [0.2, 0.25) is 11.8 Å². The summed E-state index contributed by atoms with van der Waals surface area (Å²) in [5, 5.41) is 11.5. The van der Waals surface area contributed by atoms with Crippen molar-refractivity contribution in [1.29, 1.82) is 0 Å². The van der Waals surface area contributed by atoms with Crippen molar-refractivity contribution >= 4 is 35.1 Å². The molecule has 0 unspecified atom stereocenters. The summed E-state index contributed by atoms with van der Waals surface area (Å²) < 4.78 is 0. The fourth-order valence-electron chi connectivity index (χ4n) is 1.78. The normalized spacial score (nSPS) is 20.7. The average Bonchev–Trinajstić information content (AvgIpc) is 3.11. The molecule has 7 heteroatoms. The third-order valence-electron chi connectivity index (χ3n) is 2.94. The number of rotatable bonds is 4. The Kier molecular flexibility index (Phi) is 3.44. The van der Waals surface area contributed by atoms with Gasteiger partial charge in [-0.2, -0.15) is 0 Å².